The average molecular weight is 400 g/mol. The summed E-state index contributed by atoms with van der Waals surface area (Å²) in [6.45, 7) is 6.21. The number of nitrogens with zero attached hydrogens (tertiary/aromatic N) is 5. The molecule has 6 nitrogen and oxygen atoms in total. The molecular formula is C23H21FN6. The van der Waals surface area contributed by atoms with Crippen molar-refractivity contribution in [1.29, 1.82) is 0 Å². The van der Waals surface area contributed by atoms with E-state index in [9.17, 15) is 4.39 Å². The molecule has 150 valence electrons. The highest BCUT2D eigenvalue weighted by molar-refractivity contribution is 5.85. The summed E-state index contributed by atoms with van der Waals surface area (Å²) in [6.07, 6.45) is 8.00. The minimum absolute atomic E-state index is 0.133. The van der Waals surface area contributed by atoms with Crippen LogP contribution in [0.2, 0.25) is 0 Å². The third-order valence-electron chi connectivity index (χ3n) is 4.97. The molecule has 0 aliphatic heterocycles. The standard InChI is InChI=1S/C23H21FN6/c1-3-16(22-23(24)28-29-27-22)13-20(25-2)21-14-30(15-26-21)12-11-18-9-6-8-17-7-4-5-10-19(17)18/h3-10,13-15H,2,11-12H2,1H3,(H,27,28,29)/b16-3+,20-13-. The number of allylic oxidation sites excluding steroid dienone is 3. The van der Waals surface area contributed by atoms with Crippen molar-refractivity contribution in [3.8, 4) is 0 Å². The molecule has 30 heavy (non-hydrogen) atoms. The summed E-state index contributed by atoms with van der Waals surface area (Å²) in [6, 6.07) is 14.7. The van der Waals surface area contributed by atoms with Crippen molar-refractivity contribution in [1.82, 2.24) is 25.0 Å². The van der Waals surface area contributed by atoms with Crippen LogP contribution in [0.1, 0.15) is 23.9 Å². The number of hydrogen-bond donors (Lipinski definition) is 1. The first-order valence-electron chi connectivity index (χ1n) is 9.59. The van der Waals surface area contributed by atoms with Gasteiger partial charge in [0.15, 0.2) is 0 Å². The smallest absolute Gasteiger partial charge is 0.260 e. The molecule has 0 radical (unpaired) electrons. The van der Waals surface area contributed by atoms with E-state index >= 15 is 0 Å². The van der Waals surface area contributed by atoms with Crippen LogP contribution in [0.5, 0.6) is 0 Å². The maximum absolute atomic E-state index is 13.8. The molecule has 2 aromatic carbocycles. The van der Waals surface area contributed by atoms with Crippen molar-refractivity contribution >= 4 is 28.8 Å². The van der Waals surface area contributed by atoms with Crippen molar-refractivity contribution in [2.75, 3.05) is 0 Å². The fourth-order valence-electron chi connectivity index (χ4n) is 3.41. The summed E-state index contributed by atoms with van der Waals surface area (Å²) in [5.41, 5.74) is 3.17. The lowest BCUT2D eigenvalue weighted by Crippen LogP contribution is -1.99. The molecule has 2 heterocycles. The first-order chi connectivity index (χ1) is 14.7. The number of H-pyrrole nitrogens is 1. The van der Waals surface area contributed by atoms with E-state index < -0.39 is 5.95 Å². The minimum atomic E-state index is -0.664. The molecule has 0 saturated heterocycles. The maximum Gasteiger partial charge on any atom is 0.260 e. The van der Waals surface area contributed by atoms with Crippen molar-refractivity contribution in [3.63, 3.8) is 0 Å². The highest BCUT2D eigenvalue weighted by Gasteiger charge is 2.13. The molecule has 2 aromatic heterocycles. The Labute approximate surface area is 173 Å². The van der Waals surface area contributed by atoms with E-state index in [0.29, 0.717) is 17.0 Å². The number of aromatic amines is 1. The average Bonchev–Trinajstić information content (AvgIpc) is 3.42. The van der Waals surface area contributed by atoms with E-state index in [1.807, 2.05) is 16.8 Å². The van der Waals surface area contributed by atoms with Gasteiger partial charge in [-0.3, -0.25) is 4.99 Å². The zero-order valence-electron chi connectivity index (χ0n) is 16.6. The molecule has 0 bridgehead atoms. The molecule has 4 rings (SSSR count). The summed E-state index contributed by atoms with van der Waals surface area (Å²) < 4.78 is 15.8. The summed E-state index contributed by atoms with van der Waals surface area (Å²) in [4.78, 5) is 8.52. The third kappa shape index (κ3) is 3.96. The molecule has 0 fully saturated rings. The van der Waals surface area contributed by atoms with Gasteiger partial charge in [0.05, 0.1) is 12.0 Å². The zero-order valence-corrected chi connectivity index (χ0v) is 16.6. The first-order valence-corrected chi connectivity index (χ1v) is 9.59. The second kappa shape index (κ2) is 8.65. The molecule has 0 atom stereocenters. The Bertz CT molecular complexity index is 1240. The molecule has 0 saturated carbocycles. The van der Waals surface area contributed by atoms with Crippen LogP contribution in [0.4, 0.5) is 4.39 Å². The number of imidazole rings is 1. The van der Waals surface area contributed by atoms with E-state index in [4.69, 9.17) is 0 Å². The summed E-state index contributed by atoms with van der Waals surface area (Å²) in [5, 5.41) is 12.1. The fourth-order valence-corrected chi connectivity index (χ4v) is 3.41. The maximum atomic E-state index is 13.8. The predicted octanol–water partition coefficient (Wildman–Crippen LogP) is 4.68. The topological polar surface area (TPSA) is 71.8 Å². The molecule has 4 aromatic rings. The van der Waals surface area contributed by atoms with Gasteiger partial charge < -0.3 is 4.57 Å². The van der Waals surface area contributed by atoms with Crippen molar-refractivity contribution in [2.24, 2.45) is 4.99 Å². The van der Waals surface area contributed by atoms with Crippen LogP contribution in [0, 0.1) is 5.95 Å². The molecule has 0 spiro atoms. The normalized spacial score (nSPS) is 12.5. The Kier molecular flexibility index (Phi) is 5.61. The van der Waals surface area contributed by atoms with E-state index in [2.05, 4.69) is 68.5 Å². The van der Waals surface area contributed by atoms with Gasteiger partial charge in [-0.2, -0.15) is 14.7 Å². The van der Waals surface area contributed by atoms with Gasteiger partial charge in [0, 0.05) is 18.3 Å². The van der Waals surface area contributed by atoms with Gasteiger partial charge in [-0.25, -0.2) is 4.98 Å². The molecule has 1 N–H and O–H groups in total. The highest BCUT2D eigenvalue weighted by atomic mass is 19.1. The van der Waals surface area contributed by atoms with E-state index in [1.165, 1.54) is 16.3 Å². The van der Waals surface area contributed by atoms with Crippen LogP contribution in [0.25, 0.3) is 22.0 Å². The number of rotatable bonds is 7. The number of nitrogens with one attached hydrogen (secondary N) is 1. The monoisotopic (exact) mass is 400 g/mol. The van der Waals surface area contributed by atoms with Gasteiger partial charge >= 0.3 is 0 Å². The van der Waals surface area contributed by atoms with E-state index in [0.717, 1.165) is 13.0 Å². The molecule has 0 unspecified atom stereocenters. The van der Waals surface area contributed by atoms with Crippen LogP contribution in [-0.4, -0.2) is 31.7 Å². The quantitative estimate of drug-likeness (QED) is 0.362. The second-order valence-corrected chi connectivity index (χ2v) is 6.78. The van der Waals surface area contributed by atoms with Crippen LogP contribution in [0.15, 0.2) is 72.1 Å². The third-order valence-corrected chi connectivity index (χ3v) is 4.97. The summed E-state index contributed by atoms with van der Waals surface area (Å²) in [5.74, 6) is -0.664. The Hall–Kier alpha value is -3.87. The molecular weight excluding hydrogens is 379 g/mol. The highest BCUT2D eigenvalue weighted by Crippen LogP contribution is 2.23. The molecule has 0 aliphatic rings. The van der Waals surface area contributed by atoms with Crippen molar-refractivity contribution in [2.45, 2.75) is 19.9 Å². The minimum Gasteiger partial charge on any atom is -0.336 e. The first kappa shape index (κ1) is 19.4. The number of aromatic nitrogens is 5. The van der Waals surface area contributed by atoms with Gasteiger partial charge in [0.2, 0.25) is 0 Å². The van der Waals surface area contributed by atoms with E-state index in [-0.39, 0.29) is 5.69 Å². The van der Waals surface area contributed by atoms with Crippen LogP contribution in [0.3, 0.4) is 0 Å². The van der Waals surface area contributed by atoms with Crippen molar-refractivity contribution in [3.05, 3.63) is 90.0 Å². The lowest BCUT2D eigenvalue weighted by atomic mass is 10.0. The Morgan fingerprint density at radius 3 is 2.80 bits per heavy atom. The number of aliphatic imine (C=N–C) groups is 1. The Morgan fingerprint density at radius 1 is 1.20 bits per heavy atom. The van der Waals surface area contributed by atoms with Crippen LogP contribution >= 0.6 is 0 Å². The van der Waals surface area contributed by atoms with Gasteiger partial charge in [-0.15, -0.1) is 5.10 Å². The number of hydrogen-bond acceptors (Lipinski definition) is 4. The largest absolute Gasteiger partial charge is 0.336 e. The number of fused-ring (bicyclic) bond motifs is 1. The summed E-state index contributed by atoms with van der Waals surface area (Å²) >= 11 is 0. The molecule has 7 heteroatoms. The van der Waals surface area contributed by atoms with Gasteiger partial charge in [-0.1, -0.05) is 48.5 Å². The fraction of sp³-hybridized carbons (Fsp3) is 0.130. The van der Waals surface area contributed by atoms with Gasteiger partial charge in [-0.05, 0) is 42.5 Å². The SMILES string of the molecule is C=N/C(=C\C(=C/C)c1n[nH]nc1F)c1cn(CCc2cccc3ccccc23)cn1. The number of halogens is 1. The van der Waals surface area contributed by atoms with E-state index in [1.54, 1.807) is 25.4 Å². The molecule has 0 amide bonds. The van der Waals surface area contributed by atoms with Gasteiger partial charge in [0.25, 0.3) is 5.95 Å². The Balaban J connectivity index is 1.54. The lowest BCUT2D eigenvalue weighted by molar-refractivity contribution is 0.576. The van der Waals surface area contributed by atoms with Crippen LogP contribution < -0.4 is 0 Å². The summed E-state index contributed by atoms with van der Waals surface area (Å²) in [7, 11) is 0. The number of benzene rings is 2. The predicted molar refractivity (Wildman–Crippen MR) is 117 cm³/mol. The van der Waals surface area contributed by atoms with Crippen LogP contribution in [-0.2, 0) is 13.0 Å². The lowest BCUT2D eigenvalue weighted by Gasteiger charge is -2.07. The second-order valence-electron chi connectivity index (χ2n) is 6.78. The number of aryl methyl sites for hydroxylation is 2. The van der Waals surface area contributed by atoms with Crippen molar-refractivity contribution < 1.29 is 4.39 Å². The van der Waals surface area contributed by atoms with Gasteiger partial charge in [0.1, 0.15) is 11.4 Å². The Morgan fingerprint density at radius 2 is 2.03 bits per heavy atom. The molecule has 0 aliphatic carbocycles. The zero-order chi connectivity index (χ0) is 20.9.